The minimum Gasteiger partial charge on any atom is -0.467 e. The molecule has 10 nitrogen and oxygen atoms in total. The van der Waals surface area contributed by atoms with E-state index in [2.05, 4.69) is 11.0 Å². The van der Waals surface area contributed by atoms with Gasteiger partial charge in [0.05, 0.1) is 18.8 Å². The van der Waals surface area contributed by atoms with Gasteiger partial charge >= 0.3 is 11.7 Å². The number of aromatic amines is 1. The third-order valence-electron chi connectivity index (χ3n) is 4.34. The second-order valence-electron chi connectivity index (χ2n) is 7.17. The molecule has 0 saturated carbocycles. The molecule has 11 heteroatoms. The summed E-state index contributed by atoms with van der Waals surface area (Å²) in [6.45, 7) is 2.66. The Morgan fingerprint density at radius 2 is 2.04 bits per heavy atom. The minimum atomic E-state index is -1.92. The number of carbonyl (C=O) groups is 1. The largest absolute Gasteiger partial charge is 0.467 e. The van der Waals surface area contributed by atoms with Crippen LogP contribution in [0.1, 0.15) is 24.3 Å². The van der Waals surface area contributed by atoms with Crippen LogP contribution in [-0.4, -0.2) is 82.1 Å². The van der Waals surface area contributed by atoms with Crippen molar-refractivity contribution in [2.75, 3.05) is 26.6 Å². The van der Waals surface area contributed by atoms with Gasteiger partial charge in [0.1, 0.15) is 12.2 Å². The standard InChI is InChI=1S/C16H25N2O8P/c1-25-15(23)10(19)8-7-18(16(24)17-13(8)22)14-12(21)11(20)9(26-14)5-6-27(2,3)4/h7,9-12,14,19-21H,2,5-6H2,1,3-4H3,(H,17,22,24)/t9-,10?,11-,12-,14?/m1/s1. The fourth-order valence-corrected chi connectivity index (χ4v) is 3.75. The van der Waals surface area contributed by atoms with Gasteiger partial charge in [-0.3, -0.25) is 14.3 Å². The van der Waals surface area contributed by atoms with Crippen molar-refractivity contribution in [3.05, 3.63) is 32.6 Å². The molecule has 1 aromatic rings. The van der Waals surface area contributed by atoms with E-state index >= 15 is 0 Å². The molecule has 0 radical (unpaired) electrons. The van der Waals surface area contributed by atoms with Crippen LogP contribution in [0.3, 0.4) is 0 Å². The highest BCUT2D eigenvalue weighted by Gasteiger charge is 2.44. The molecule has 0 aliphatic carbocycles. The quantitative estimate of drug-likeness (QED) is 0.329. The first-order valence-electron chi connectivity index (χ1n) is 8.26. The molecule has 0 spiro atoms. The lowest BCUT2D eigenvalue weighted by Crippen LogP contribution is -2.39. The van der Waals surface area contributed by atoms with Crippen molar-refractivity contribution in [1.82, 2.24) is 9.55 Å². The average Bonchev–Trinajstić information content (AvgIpc) is 2.86. The van der Waals surface area contributed by atoms with Gasteiger partial charge in [-0.1, -0.05) is 0 Å². The number of hydrogen-bond donors (Lipinski definition) is 4. The Morgan fingerprint density at radius 1 is 1.41 bits per heavy atom. The number of rotatable bonds is 6. The van der Waals surface area contributed by atoms with Gasteiger partial charge in [-0.15, -0.1) is 13.2 Å². The van der Waals surface area contributed by atoms with Crippen LogP contribution < -0.4 is 11.2 Å². The number of aliphatic hydroxyl groups excluding tert-OH is 3. The summed E-state index contributed by atoms with van der Waals surface area (Å²) in [7, 11) is 1.04. The molecule has 0 bridgehead atoms. The first-order chi connectivity index (χ1) is 12.5. The van der Waals surface area contributed by atoms with E-state index in [4.69, 9.17) is 4.74 Å². The number of esters is 1. The summed E-state index contributed by atoms with van der Waals surface area (Å²) in [4.78, 5) is 37.5. The topological polar surface area (TPSA) is 151 Å². The molecule has 0 amide bonds. The monoisotopic (exact) mass is 404 g/mol. The molecule has 0 aromatic carbocycles. The van der Waals surface area contributed by atoms with E-state index in [0.717, 1.165) is 17.9 Å². The Balaban J connectivity index is 2.34. The van der Waals surface area contributed by atoms with Crippen LogP contribution >= 0.6 is 6.89 Å². The molecular weight excluding hydrogens is 379 g/mol. The van der Waals surface area contributed by atoms with Crippen LogP contribution in [0, 0.1) is 0 Å². The summed E-state index contributed by atoms with van der Waals surface area (Å²) in [6, 6.07) is 0. The molecule has 27 heavy (non-hydrogen) atoms. The van der Waals surface area contributed by atoms with Crippen LogP contribution in [0.15, 0.2) is 15.8 Å². The first-order valence-corrected chi connectivity index (χ1v) is 11.3. The lowest BCUT2D eigenvalue weighted by atomic mass is 10.1. The Morgan fingerprint density at radius 3 is 2.59 bits per heavy atom. The highest BCUT2D eigenvalue weighted by molar-refractivity contribution is 7.72. The van der Waals surface area contributed by atoms with Crippen molar-refractivity contribution >= 4 is 19.2 Å². The van der Waals surface area contributed by atoms with E-state index in [1.807, 2.05) is 18.3 Å². The zero-order valence-electron chi connectivity index (χ0n) is 15.4. The molecule has 1 fully saturated rings. The predicted molar refractivity (Wildman–Crippen MR) is 99.6 cm³/mol. The van der Waals surface area contributed by atoms with Gasteiger partial charge in [-0.25, -0.2) is 9.59 Å². The van der Waals surface area contributed by atoms with Crippen molar-refractivity contribution in [1.29, 1.82) is 0 Å². The molecule has 5 atom stereocenters. The Hall–Kier alpha value is -1.71. The van der Waals surface area contributed by atoms with Crippen LogP contribution in [-0.2, 0) is 14.3 Å². The van der Waals surface area contributed by atoms with Crippen molar-refractivity contribution in [3.63, 3.8) is 0 Å². The molecule has 152 valence electrons. The molecule has 1 saturated heterocycles. The SMILES string of the molecule is C=P(C)(C)CC[C@H]1OC(n2cc(C(O)C(=O)OC)c(=O)[nH]c2=O)[C@H](O)[C@@H]1O. The van der Waals surface area contributed by atoms with Crippen LogP contribution in [0.2, 0.25) is 0 Å². The number of hydrogen-bond acceptors (Lipinski definition) is 8. The molecule has 1 aliphatic heterocycles. The maximum atomic E-state index is 12.1. The Kier molecular flexibility index (Phi) is 6.49. The van der Waals surface area contributed by atoms with Gasteiger partial charge in [0.15, 0.2) is 12.3 Å². The fourth-order valence-electron chi connectivity index (χ4n) is 2.80. The summed E-state index contributed by atoms with van der Waals surface area (Å²) in [5.41, 5.74) is -2.33. The maximum absolute atomic E-state index is 12.1. The molecule has 1 aromatic heterocycles. The summed E-state index contributed by atoms with van der Waals surface area (Å²) in [5, 5.41) is 30.5. The van der Waals surface area contributed by atoms with E-state index in [9.17, 15) is 29.7 Å². The highest BCUT2D eigenvalue weighted by Crippen LogP contribution is 2.39. The van der Waals surface area contributed by atoms with E-state index in [0.29, 0.717) is 12.6 Å². The van der Waals surface area contributed by atoms with Gasteiger partial charge in [-0.2, -0.15) is 0 Å². The number of carbonyl (C=O) groups excluding carboxylic acids is 1. The molecule has 1 aliphatic rings. The number of nitrogens with one attached hydrogen (secondary N) is 1. The van der Waals surface area contributed by atoms with Gasteiger partial charge in [0, 0.05) is 6.20 Å². The number of H-pyrrole nitrogens is 1. The van der Waals surface area contributed by atoms with Crippen LogP contribution in [0.5, 0.6) is 0 Å². The van der Waals surface area contributed by atoms with E-state index in [1.54, 1.807) is 0 Å². The summed E-state index contributed by atoms with van der Waals surface area (Å²) in [6.07, 6.45) is -0.458. The maximum Gasteiger partial charge on any atom is 0.339 e. The number of aliphatic hydroxyl groups is 3. The number of nitrogens with zero attached hydrogens (tertiary/aromatic N) is 1. The molecule has 4 N–H and O–H groups in total. The lowest BCUT2D eigenvalue weighted by Gasteiger charge is -2.19. The number of aromatic nitrogens is 2. The normalized spacial score (nSPS) is 26.7. The fraction of sp³-hybridized carbons (Fsp3) is 0.625. The third-order valence-corrected chi connectivity index (χ3v) is 5.81. The Bertz CT molecular complexity index is 857. The zero-order valence-corrected chi connectivity index (χ0v) is 16.3. The lowest BCUT2D eigenvalue weighted by molar-refractivity contribution is -0.150. The van der Waals surface area contributed by atoms with Crippen molar-refractivity contribution in [3.8, 4) is 0 Å². The first kappa shape index (κ1) is 21.6. The van der Waals surface area contributed by atoms with Gasteiger partial charge in [0.25, 0.3) is 5.56 Å². The van der Waals surface area contributed by atoms with Crippen molar-refractivity contribution in [2.24, 2.45) is 0 Å². The van der Waals surface area contributed by atoms with Crippen LogP contribution in [0.4, 0.5) is 0 Å². The second-order valence-corrected chi connectivity index (χ2v) is 11.5. The van der Waals surface area contributed by atoms with Gasteiger partial charge in [-0.05, 0) is 25.9 Å². The van der Waals surface area contributed by atoms with E-state index in [-0.39, 0.29) is 0 Å². The zero-order chi connectivity index (χ0) is 20.5. The minimum absolute atomic E-state index is 0.439. The average molecular weight is 404 g/mol. The second kappa shape index (κ2) is 8.12. The Labute approximate surface area is 155 Å². The van der Waals surface area contributed by atoms with Gasteiger partial charge < -0.3 is 24.8 Å². The van der Waals surface area contributed by atoms with Crippen molar-refractivity contribution in [2.45, 2.75) is 37.1 Å². The molecular formula is C16H25N2O8P. The molecule has 2 rings (SSSR count). The number of ether oxygens (including phenoxy) is 2. The summed E-state index contributed by atoms with van der Waals surface area (Å²) in [5.74, 6) is -1.09. The van der Waals surface area contributed by atoms with Crippen molar-refractivity contribution < 1.29 is 29.6 Å². The smallest absolute Gasteiger partial charge is 0.339 e. The summed E-state index contributed by atoms with van der Waals surface area (Å²) >= 11 is 0. The predicted octanol–water partition coefficient (Wildman–Crippen LogP) is -1.54. The number of methoxy groups -OCH3 is 1. The van der Waals surface area contributed by atoms with Crippen LogP contribution in [0.25, 0.3) is 0 Å². The van der Waals surface area contributed by atoms with E-state index < -0.39 is 60.3 Å². The van der Waals surface area contributed by atoms with Gasteiger partial charge in [0.2, 0.25) is 0 Å². The third kappa shape index (κ3) is 4.77. The molecule has 2 heterocycles. The van der Waals surface area contributed by atoms with E-state index in [1.165, 1.54) is 0 Å². The highest BCUT2D eigenvalue weighted by atomic mass is 31.2. The summed E-state index contributed by atoms with van der Waals surface area (Å²) < 4.78 is 10.9. The molecule has 2 unspecified atom stereocenters.